The summed E-state index contributed by atoms with van der Waals surface area (Å²) in [6.07, 6.45) is 1.63. The molecule has 0 unspecified atom stereocenters. The molecule has 5 nitrogen and oxygen atoms in total. The second-order valence-electron chi connectivity index (χ2n) is 4.39. The van der Waals surface area contributed by atoms with Crippen LogP contribution in [0.1, 0.15) is 25.1 Å². The van der Waals surface area contributed by atoms with E-state index in [4.69, 9.17) is 11.1 Å². The van der Waals surface area contributed by atoms with E-state index in [2.05, 4.69) is 10.1 Å². The van der Waals surface area contributed by atoms with Crippen LogP contribution in [0.2, 0.25) is 0 Å². The van der Waals surface area contributed by atoms with Crippen molar-refractivity contribution in [2.75, 3.05) is 0 Å². The number of hydrogen-bond acceptors (Lipinski definition) is 3. The number of amidine groups is 1. The second-order valence-corrected chi connectivity index (χ2v) is 4.39. The Labute approximate surface area is 128 Å². The highest BCUT2D eigenvalue weighted by atomic mass is 19.1. The van der Waals surface area contributed by atoms with Gasteiger partial charge in [-0.15, -0.1) is 0 Å². The number of fused-ring (bicyclic) bond motifs is 1. The van der Waals surface area contributed by atoms with Crippen LogP contribution in [-0.4, -0.2) is 20.6 Å². The third-order valence-corrected chi connectivity index (χ3v) is 3.04. The molecule has 0 fully saturated rings. The molecule has 0 amide bonds. The minimum absolute atomic E-state index is 0.129. The van der Waals surface area contributed by atoms with Crippen LogP contribution in [0.3, 0.4) is 0 Å². The van der Waals surface area contributed by atoms with E-state index in [9.17, 15) is 4.39 Å². The Morgan fingerprint density at radius 3 is 2.64 bits per heavy atom. The number of nitrogens with zero attached hydrogens (tertiary/aromatic N) is 3. The van der Waals surface area contributed by atoms with E-state index in [-0.39, 0.29) is 18.2 Å². The number of halogens is 1. The molecule has 6 heteroatoms. The van der Waals surface area contributed by atoms with E-state index in [1.165, 1.54) is 6.07 Å². The first-order valence-electron chi connectivity index (χ1n) is 7.06. The van der Waals surface area contributed by atoms with Gasteiger partial charge in [0.1, 0.15) is 17.3 Å². The van der Waals surface area contributed by atoms with E-state index in [0.717, 1.165) is 0 Å². The summed E-state index contributed by atoms with van der Waals surface area (Å²) < 4.78 is 15.3. The van der Waals surface area contributed by atoms with Crippen LogP contribution < -0.4 is 5.73 Å². The Morgan fingerprint density at radius 1 is 1.23 bits per heavy atom. The lowest BCUT2D eigenvalue weighted by Gasteiger charge is -2.04. The van der Waals surface area contributed by atoms with Crippen LogP contribution in [0, 0.1) is 11.2 Å². The summed E-state index contributed by atoms with van der Waals surface area (Å²) >= 11 is 0. The van der Waals surface area contributed by atoms with Crippen LogP contribution in [0.5, 0.6) is 0 Å². The van der Waals surface area contributed by atoms with E-state index in [1.807, 2.05) is 13.8 Å². The molecule has 0 bridgehead atoms. The highest BCUT2D eigenvalue weighted by Crippen LogP contribution is 2.18. The fourth-order valence-corrected chi connectivity index (χ4v) is 2.11. The smallest absolute Gasteiger partial charge is 0.158 e. The Kier molecular flexibility index (Phi) is 4.83. The molecule has 114 valence electrons. The van der Waals surface area contributed by atoms with Crippen molar-refractivity contribution >= 4 is 16.9 Å². The van der Waals surface area contributed by atoms with Crippen LogP contribution in [-0.2, 0) is 6.54 Å². The number of nitrogens with one attached hydrogen (secondary N) is 1. The first kappa shape index (κ1) is 15.6. The standard InChI is InChI=1S/C14H12FN5.C2H6/c15-11-6-2-1-4-9(11)8-20-14-10(5-3-7-18-14)12(19-20)13(16)17;1-2/h1-7H,8H2,(H3,16,17);1-2H3. The molecular formula is C16H18FN5. The van der Waals surface area contributed by atoms with Gasteiger partial charge in [0.05, 0.1) is 11.9 Å². The lowest BCUT2D eigenvalue weighted by molar-refractivity contribution is 0.589. The number of rotatable bonds is 3. The quantitative estimate of drug-likeness (QED) is 0.576. The summed E-state index contributed by atoms with van der Waals surface area (Å²) in [6, 6.07) is 10.1. The van der Waals surface area contributed by atoms with E-state index in [0.29, 0.717) is 22.3 Å². The third kappa shape index (κ3) is 2.95. The normalized spacial score (nSPS) is 10.1. The molecule has 1 aromatic carbocycles. The van der Waals surface area contributed by atoms with Crippen molar-refractivity contribution in [2.24, 2.45) is 5.73 Å². The van der Waals surface area contributed by atoms with Gasteiger partial charge in [0.25, 0.3) is 0 Å². The molecule has 3 aromatic rings. The van der Waals surface area contributed by atoms with Gasteiger partial charge in [-0.2, -0.15) is 5.10 Å². The molecule has 2 aromatic heterocycles. The highest BCUT2D eigenvalue weighted by molar-refractivity contribution is 6.04. The van der Waals surface area contributed by atoms with Crippen molar-refractivity contribution in [1.29, 1.82) is 5.41 Å². The lowest BCUT2D eigenvalue weighted by atomic mass is 10.2. The van der Waals surface area contributed by atoms with E-state index in [1.54, 1.807) is 41.2 Å². The van der Waals surface area contributed by atoms with Crippen molar-refractivity contribution in [2.45, 2.75) is 20.4 Å². The van der Waals surface area contributed by atoms with Gasteiger partial charge in [-0.1, -0.05) is 32.0 Å². The molecule has 0 aliphatic rings. The summed E-state index contributed by atoms with van der Waals surface area (Å²) in [5.74, 6) is -0.424. The summed E-state index contributed by atoms with van der Waals surface area (Å²) in [6.45, 7) is 4.24. The Hall–Kier alpha value is -2.76. The molecule has 0 radical (unpaired) electrons. The minimum Gasteiger partial charge on any atom is -0.382 e. The maximum absolute atomic E-state index is 13.7. The van der Waals surface area contributed by atoms with Crippen molar-refractivity contribution in [3.8, 4) is 0 Å². The molecule has 2 heterocycles. The molecule has 3 rings (SSSR count). The van der Waals surface area contributed by atoms with Crippen molar-refractivity contribution in [3.05, 3.63) is 59.7 Å². The van der Waals surface area contributed by atoms with Gasteiger partial charge in [-0.3, -0.25) is 5.41 Å². The van der Waals surface area contributed by atoms with Crippen LogP contribution in [0.4, 0.5) is 4.39 Å². The maximum atomic E-state index is 13.7. The number of aromatic nitrogens is 3. The van der Waals surface area contributed by atoms with Gasteiger partial charge in [0.15, 0.2) is 5.65 Å². The molecule has 3 N–H and O–H groups in total. The van der Waals surface area contributed by atoms with Gasteiger partial charge in [0, 0.05) is 11.8 Å². The second kappa shape index (κ2) is 6.80. The topological polar surface area (TPSA) is 80.6 Å². The first-order chi connectivity index (χ1) is 10.7. The van der Waals surface area contributed by atoms with Gasteiger partial charge in [-0.05, 0) is 18.2 Å². The molecule has 0 aliphatic carbocycles. The molecular weight excluding hydrogens is 281 g/mol. The number of nitrogens with two attached hydrogens (primary N) is 1. The zero-order chi connectivity index (χ0) is 16.1. The monoisotopic (exact) mass is 299 g/mol. The van der Waals surface area contributed by atoms with Gasteiger partial charge in [-0.25, -0.2) is 14.1 Å². The minimum atomic E-state index is -0.295. The van der Waals surface area contributed by atoms with Crippen LogP contribution >= 0.6 is 0 Å². The number of pyridine rings is 1. The van der Waals surface area contributed by atoms with Crippen LogP contribution in [0.25, 0.3) is 11.0 Å². The van der Waals surface area contributed by atoms with Crippen molar-refractivity contribution < 1.29 is 4.39 Å². The Balaban J connectivity index is 0.000000847. The van der Waals surface area contributed by atoms with Crippen molar-refractivity contribution in [3.63, 3.8) is 0 Å². The van der Waals surface area contributed by atoms with Gasteiger partial charge >= 0.3 is 0 Å². The Bertz CT molecular complexity index is 794. The molecule has 22 heavy (non-hydrogen) atoms. The molecule has 0 atom stereocenters. The van der Waals surface area contributed by atoms with E-state index >= 15 is 0 Å². The molecule has 0 aliphatic heterocycles. The lowest BCUT2D eigenvalue weighted by Crippen LogP contribution is -2.13. The number of hydrogen-bond donors (Lipinski definition) is 2. The summed E-state index contributed by atoms with van der Waals surface area (Å²) in [5, 5.41) is 12.5. The zero-order valence-electron chi connectivity index (χ0n) is 12.5. The average molecular weight is 299 g/mol. The molecule has 0 spiro atoms. The predicted molar refractivity (Wildman–Crippen MR) is 85.4 cm³/mol. The van der Waals surface area contributed by atoms with Gasteiger partial charge < -0.3 is 5.73 Å². The molecule has 0 saturated carbocycles. The van der Waals surface area contributed by atoms with E-state index < -0.39 is 0 Å². The highest BCUT2D eigenvalue weighted by Gasteiger charge is 2.14. The van der Waals surface area contributed by atoms with Crippen LogP contribution in [0.15, 0.2) is 42.6 Å². The first-order valence-corrected chi connectivity index (χ1v) is 7.06. The summed E-state index contributed by atoms with van der Waals surface area (Å²) in [5.41, 5.74) is 6.98. The number of nitrogen functional groups attached to an aromatic ring is 1. The zero-order valence-corrected chi connectivity index (χ0v) is 12.5. The number of benzene rings is 1. The summed E-state index contributed by atoms with van der Waals surface area (Å²) in [7, 11) is 0. The third-order valence-electron chi connectivity index (χ3n) is 3.04. The fraction of sp³-hybridized carbons (Fsp3) is 0.188. The fourth-order valence-electron chi connectivity index (χ4n) is 2.11. The van der Waals surface area contributed by atoms with Gasteiger partial charge in [0.2, 0.25) is 0 Å². The SMILES string of the molecule is CC.N=C(N)c1nn(Cc2ccccc2F)c2ncccc12. The maximum Gasteiger partial charge on any atom is 0.158 e. The summed E-state index contributed by atoms with van der Waals surface area (Å²) in [4.78, 5) is 4.24. The largest absolute Gasteiger partial charge is 0.382 e. The average Bonchev–Trinajstić information content (AvgIpc) is 2.91. The Morgan fingerprint density at radius 2 is 1.95 bits per heavy atom. The molecule has 0 saturated heterocycles. The predicted octanol–water partition coefficient (Wildman–Crippen LogP) is 2.93. The van der Waals surface area contributed by atoms with Crippen molar-refractivity contribution in [1.82, 2.24) is 14.8 Å².